The number of fused-ring (bicyclic) bond motifs is 1. The first-order valence-corrected chi connectivity index (χ1v) is 9.33. The molecule has 1 saturated heterocycles. The van der Waals surface area contributed by atoms with E-state index >= 15 is 0 Å². The molecule has 1 aromatic rings. The summed E-state index contributed by atoms with van der Waals surface area (Å²) in [6.45, 7) is 0.395. The van der Waals surface area contributed by atoms with Crippen molar-refractivity contribution < 1.29 is 19.2 Å². The fourth-order valence-electron chi connectivity index (χ4n) is 4.09. The highest BCUT2D eigenvalue weighted by molar-refractivity contribution is 5.94. The normalized spacial score (nSPS) is 27.4. The van der Waals surface area contributed by atoms with Gasteiger partial charge in [-0.3, -0.25) is 19.7 Å². The highest BCUT2D eigenvalue weighted by Crippen LogP contribution is 2.35. The summed E-state index contributed by atoms with van der Waals surface area (Å²) in [6.07, 6.45) is 4.61. The van der Waals surface area contributed by atoms with Crippen molar-refractivity contribution in [2.75, 3.05) is 13.7 Å². The van der Waals surface area contributed by atoms with Crippen molar-refractivity contribution in [3.8, 4) is 0 Å². The van der Waals surface area contributed by atoms with Crippen molar-refractivity contribution in [2.45, 2.75) is 44.2 Å². The largest absolute Gasteiger partial charge is 0.381 e. The Hall–Kier alpha value is -2.48. The Morgan fingerprint density at radius 2 is 2.04 bits per heavy atom. The second-order valence-corrected chi connectivity index (χ2v) is 7.33. The van der Waals surface area contributed by atoms with E-state index in [0.29, 0.717) is 24.4 Å². The maximum absolute atomic E-state index is 12.4. The van der Waals surface area contributed by atoms with Crippen LogP contribution in [0.4, 0.5) is 5.69 Å². The summed E-state index contributed by atoms with van der Waals surface area (Å²) in [5, 5.41) is 16.6. The number of carbonyl (C=O) groups excluding carboxylic acids is 2. The number of piperidine rings is 1. The molecule has 8 heteroatoms. The summed E-state index contributed by atoms with van der Waals surface area (Å²) in [5.74, 6) is 0.143. The molecule has 3 rings (SSSR count). The third-order valence-corrected chi connectivity index (χ3v) is 5.68. The standard InChI is InChI=1S/C19H25N3O5/c1-27-16-7-4-13-10-14(19(24)21-17(13)11-16)8-9-20-18(23)12-2-5-15(6-3-12)22(25)26/h2-3,5-6,13-14,16-17H,4,7-11H2,1H3,(H,20,23)(H,21,24). The average Bonchev–Trinajstić information content (AvgIpc) is 2.67. The smallest absolute Gasteiger partial charge is 0.269 e. The van der Waals surface area contributed by atoms with E-state index in [1.54, 1.807) is 7.11 Å². The Bertz CT molecular complexity index is 706. The van der Waals surface area contributed by atoms with Crippen LogP contribution in [0.3, 0.4) is 0 Å². The summed E-state index contributed by atoms with van der Waals surface area (Å²) in [7, 11) is 1.71. The Labute approximate surface area is 157 Å². The number of non-ortho nitro benzene ring substituents is 1. The molecular weight excluding hydrogens is 350 g/mol. The van der Waals surface area contributed by atoms with Gasteiger partial charge in [-0.25, -0.2) is 0 Å². The molecule has 1 saturated carbocycles. The molecule has 0 aromatic heterocycles. The highest BCUT2D eigenvalue weighted by atomic mass is 16.6. The predicted molar refractivity (Wildman–Crippen MR) is 98.2 cm³/mol. The molecule has 0 bridgehead atoms. The van der Waals surface area contributed by atoms with Crippen LogP contribution in [-0.4, -0.2) is 42.5 Å². The van der Waals surface area contributed by atoms with E-state index in [-0.39, 0.29) is 35.6 Å². The number of rotatable bonds is 6. The Kier molecular flexibility index (Phi) is 6.05. The molecule has 0 radical (unpaired) electrons. The van der Waals surface area contributed by atoms with Gasteiger partial charge in [-0.1, -0.05) is 0 Å². The highest BCUT2D eigenvalue weighted by Gasteiger charge is 2.39. The van der Waals surface area contributed by atoms with Crippen molar-refractivity contribution in [3.63, 3.8) is 0 Å². The second-order valence-electron chi connectivity index (χ2n) is 7.33. The number of benzene rings is 1. The minimum Gasteiger partial charge on any atom is -0.381 e. The summed E-state index contributed by atoms with van der Waals surface area (Å²) in [5.41, 5.74) is 0.315. The summed E-state index contributed by atoms with van der Waals surface area (Å²) < 4.78 is 5.42. The molecule has 2 N–H and O–H groups in total. The zero-order valence-corrected chi connectivity index (χ0v) is 15.3. The number of amides is 2. The summed E-state index contributed by atoms with van der Waals surface area (Å²) in [4.78, 5) is 34.7. The van der Waals surface area contributed by atoms with Gasteiger partial charge < -0.3 is 15.4 Å². The molecule has 27 heavy (non-hydrogen) atoms. The molecule has 2 amide bonds. The number of hydrogen-bond donors (Lipinski definition) is 2. The lowest BCUT2D eigenvalue weighted by molar-refractivity contribution is -0.384. The molecule has 1 aromatic carbocycles. The lowest BCUT2D eigenvalue weighted by atomic mass is 9.74. The van der Waals surface area contributed by atoms with Crippen LogP contribution in [0.15, 0.2) is 24.3 Å². The van der Waals surface area contributed by atoms with Crippen LogP contribution in [0, 0.1) is 22.0 Å². The summed E-state index contributed by atoms with van der Waals surface area (Å²) in [6, 6.07) is 5.67. The van der Waals surface area contributed by atoms with Gasteiger partial charge in [0.1, 0.15) is 0 Å². The van der Waals surface area contributed by atoms with Gasteiger partial charge in [0.2, 0.25) is 5.91 Å². The molecule has 4 unspecified atom stereocenters. The number of nitrogens with zero attached hydrogens (tertiary/aromatic N) is 1. The average molecular weight is 375 g/mol. The van der Waals surface area contributed by atoms with E-state index in [0.717, 1.165) is 25.7 Å². The topological polar surface area (TPSA) is 111 Å². The first-order chi connectivity index (χ1) is 13.0. The van der Waals surface area contributed by atoms with Gasteiger partial charge >= 0.3 is 0 Å². The molecule has 1 heterocycles. The van der Waals surface area contributed by atoms with Gasteiger partial charge in [0.25, 0.3) is 11.6 Å². The van der Waals surface area contributed by atoms with Crippen LogP contribution >= 0.6 is 0 Å². The Morgan fingerprint density at radius 1 is 1.30 bits per heavy atom. The zero-order chi connectivity index (χ0) is 19.4. The molecule has 2 fully saturated rings. The van der Waals surface area contributed by atoms with Gasteiger partial charge in [-0.2, -0.15) is 0 Å². The van der Waals surface area contributed by atoms with Crippen molar-refractivity contribution in [3.05, 3.63) is 39.9 Å². The third kappa shape index (κ3) is 4.63. The first-order valence-electron chi connectivity index (χ1n) is 9.33. The maximum atomic E-state index is 12.4. The number of nitro groups is 1. The number of methoxy groups -OCH3 is 1. The van der Waals surface area contributed by atoms with Crippen LogP contribution in [0.5, 0.6) is 0 Å². The molecule has 146 valence electrons. The van der Waals surface area contributed by atoms with Crippen LogP contribution < -0.4 is 10.6 Å². The number of carbonyl (C=O) groups is 2. The first kappa shape index (κ1) is 19.3. The van der Waals surface area contributed by atoms with Crippen LogP contribution in [0.1, 0.15) is 42.5 Å². The molecule has 2 aliphatic rings. The Morgan fingerprint density at radius 3 is 2.70 bits per heavy atom. The molecular formula is C19H25N3O5. The van der Waals surface area contributed by atoms with E-state index in [4.69, 9.17) is 4.74 Å². The van der Waals surface area contributed by atoms with Gasteiger partial charge in [0.15, 0.2) is 0 Å². The number of hydrogen-bond acceptors (Lipinski definition) is 5. The Balaban J connectivity index is 1.47. The SMILES string of the molecule is COC1CCC2CC(CCNC(=O)c3ccc([N+](=O)[O-])cc3)C(=O)NC2C1. The van der Waals surface area contributed by atoms with Gasteiger partial charge in [-0.05, 0) is 50.2 Å². The fourth-order valence-corrected chi connectivity index (χ4v) is 4.09. The quantitative estimate of drug-likeness (QED) is 0.584. The molecule has 1 aliphatic heterocycles. The minimum atomic E-state index is -0.503. The molecule has 1 aliphatic carbocycles. The maximum Gasteiger partial charge on any atom is 0.269 e. The minimum absolute atomic E-state index is 0.0526. The number of ether oxygens (including phenoxy) is 1. The van der Waals surface area contributed by atoms with E-state index in [1.807, 2.05) is 0 Å². The molecule has 0 spiro atoms. The van der Waals surface area contributed by atoms with Crippen molar-refractivity contribution in [1.82, 2.24) is 10.6 Å². The van der Waals surface area contributed by atoms with Crippen molar-refractivity contribution in [1.29, 1.82) is 0 Å². The second kappa shape index (κ2) is 8.47. The van der Waals surface area contributed by atoms with Crippen LogP contribution in [-0.2, 0) is 9.53 Å². The number of nitro benzene ring substituents is 1. The molecule has 4 atom stereocenters. The van der Waals surface area contributed by atoms with Gasteiger partial charge in [0.05, 0.1) is 11.0 Å². The van der Waals surface area contributed by atoms with Crippen molar-refractivity contribution >= 4 is 17.5 Å². The van der Waals surface area contributed by atoms with E-state index in [9.17, 15) is 19.7 Å². The van der Waals surface area contributed by atoms with Crippen LogP contribution in [0.2, 0.25) is 0 Å². The van der Waals surface area contributed by atoms with Crippen molar-refractivity contribution in [2.24, 2.45) is 11.8 Å². The lowest BCUT2D eigenvalue weighted by Crippen LogP contribution is -2.53. The lowest BCUT2D eigenvalue weighted by Gasteiger charge is -2.41. The predicted octanol–water partition coefficient (Wildman–Crippen LogP) is 2.03. The van der Waals surface area contributed by atoms with E-state index < -0.39 is 4.92 Å². The third-order valence-electron chi connectivity index (χ3n) is 5.68. The monoisotopic (exact) mass is 375 g/mol. The molecule has 8 nitrogen and oxygen atoms in total. The fraction of sp³-hybridized carbons (Fsp3) is 0.579. The number of nitrogens with one attached hydrogen (secondary N) is 2. The van der Waals surface area contributed by atoms with Gasteiger partial charge in [-0.15, -0.1) is 0 Å². The van der Waals surface area contributed by atoms with E-state index in [1.165, 1.54) is 24.3 Å². The van der Waals surface area contributed by atoms with Crippen LogP contribution in [0.25, 0.3) is 0 Å². The zero-order valence-electron chi connectivity index (χ0n) is 15.3. The van der Waals surface area contributed by atoms with Gasteiger partial charge in [0, 0.05) is 43.3 Å². The summed E-state index contributed by atoms with van der Waals surface area (Å²) >= 11 is 0. The van der Waals surface area contributed by atoms with E-state index in [2.05, 4.69) is 10.6 Å².